The number of rotatable bonds is 7. The minimum Gasteiger partial charge on any atom is -0.384 e. The minimum atomic E-state index is -3.89. The molecular weight excluding hydrogens is 502 g/mol. The first-order valence-corrected chi connectivity index (χ1v) is 12.9. The number of anilines is 1. The van der Waals surface area contributed by atoms with Crippen molar-refractivity contribution in [3.63, 3.8) is 0 Å². The van der Waals surface area contributed by atoms with E-state index in [1.54, 1.807) is 60.7 Å². The highest BCUT2D eigenvalue weighted by Gasteiger charge is 2.15. The van der Waals surface area contributed by atoms with Gasteiger partial charge in [0.15, 0.2) is 0 Å². The van der Waals surface area contributed by atoms with Crippen LogP contribution in [0.4, 0.5) is 5.69 Å². The normalized spacial score (nSPS) is 10.4. The molecule has 0 aliphatic heterocycles. The van der Waals surface area contributed by atoms with E-state index < -0.39 is 21.8 Å². The molecule has 0 saturated heterocycles. The van der Waals surface area contributed by atoms with Crippen LogP contribution in [0.1, 0.15) is 15.9 Å². The summed E-state index contributed by atoms with van der Waals surface area (Å²) < 4.78 is 23.6. The Bertz CT molecular complexity index is 1500. The monoisotopic (exact) mass is 529 g/mol. The highest BCUT2D eigenvalue weighted by Crippen LogP contribution is 2.27. The first-order chi connectivity index (χ1) is 18.1. The number of benzene rings is 4. The Morgan fingerprint density at radius 2 is 1.34 bits per heavy atom. The number of nitrogen functional groups attached to an aromatic ring is 1. The van der Waals surface area contributed by atoms with Crippen LogP contribution in [0.3, 0.4) is 0 Å². The van der Waals surface area contributed by atoms with Gasteiger partial charge in [-0.05, 0) is 35.9 Å². The summed E-state index contributed by atoms with van der Waals surface area (Å²) in [6.07, 6.45) is 0. The number of nitrogens with one attached hydrogen (secondary N) is 3. The van der Waals surface area contributed by atoms with E-state index in [0.29, 0.717) is 22.4 Å². The van der Waals surface area contributed by atoms with Crippen LogP contribution < -0.4 is 21.5 Å². The van der Waals surface area contributed by atoms with Crippen molar-refractivity contribution in [2.75, 3.05) is 11.9 Å². The van der Waals surface area contributed by atoms with Crippen LogP contribution in [0.15, 0.2) is 114 Å². The molecular formula is C28H27N5O4S. The van der Waals surface area contributed by atoms with Gasteiger partial charge >= 0.3 is 0 Å². The van der Waals surface area contributed by atoms with Crippen molar-refractivity contribution in [3.05, 3.63) is 120 Å². The van der Waals surface area contributed by atoms with Crippen molar-refractivity contribution in [1.29, 1.82) is 5.41 Å². The van der Waals surface area contributed by atoms with Gasteiger partial charge in [-0.15, -0.1) is 0 Å². The number of carbonyl (C=O) groups excluding carboxylic acids is 2. The van der Waals surface area contributed by atoms with Gasteiger partial charge in [0.2, 0.25) is 15.9 Å². The van der Waals surface area contributed by atoms with E-state index in [2.05, 4.69) is 10.6 Å². The third kappa shape index (κ3) is 8.12. The van der Waals surface area contributed by atoms with Crippen molar-refractivity contribution < 1.29 is 18.0 Å². The number of nitrogens with two attached hydrogens (primary N) is 2. The third-order valence-electron chi connectivity index (χ3n) is 5.19. The Balaban J connectivity index is 0.000000585. The summed E-state index contributed by atoms with van der Waals surface area (Å²) in [5.74, 6) is -1.08. The molecule has 0 radical (unpaired) electrons. The number of primary sulfonamides is 1. The number of sulfonamides is 1. The van der Waals surface area contributed by atoms with E-state index in [9.17, 15) is 18.0 Å². The lowest BCUT2D eigenvalue weighted by atomic mass is 10.1. The van der Waals surface area contributed by atoms with Crippen molar-refractivity contribution >= 4 is 33.4 Å². The lowest BCUT2D eigenvalue weighted by Gasteiger charge is -2.10. The maximum atomic E-state index is 12.2. The zero-order valence-electron chi connectivity index (χ0n) is 20.3. The summed E-state index contributed by atoms with van der Waals surface area (Å²) in [7, 11) is -3.89. The second-order valence-corrected chi connectivity index (χ2v) is 9.53. The molecule has 0 aromatic heterocycles. The summed E-state index contributed by atoms with van der Waals surface area (Å²) in [4.78, 5) is 24.4. The molecule has 9 nitrogen and oxygen atoms in total. The van der Waals surface area contributed by atoms with Crippen molar-refractivity contribution in [2.24, 2.45) is 10.9 Å². The molecule has 0 aliphatic carbocycles. The molecule has 0 heterocycles. The fraction of sp³-hybridized carbons (Fsp3) is 0.0357. The molecule has 0 bridgehead atoms. The van der Waals surface area contributed by atoms with Gasteiger partial charge in [-0.3, -0.25) is 15.0 Å². The quantitative estimate of drug-likeness (QED) is 0.182. The topological polar surface area (TPSA) is 168 Å². The summed E-state index contributed by atoms with van der Waals surface area (Å²) in [6.45, 7) is -0.265. The average Bonchev–Trinajstić information content (AvgIpc) is 2.93. The van der Waals surface area contributed by atoms with Crippen molar-refractivity contribution in [3.8, 4) is 11.1 Å². The maximum Gasteiger partial charge on any atom is 0.251 e. The van der Waals surface area contributed by atoms with Gasteiger partial charge in [0.1, 0.15) is 5.84 Å². The SMILES string of the molecule is N=C(N)c1cccc(C(=O)NCC(=O)Nc2ccc(-c3ccccc3S(N)(=O)=O)cc2)c1.c1ccccc1. The van der Waals surface area contributed by atoms with Gasteiger partial charge in [-0.1, -0.05) is 78.9 Å². The molecule has 7 N–H and O–H groups in total. The molecule has 0 spiro atoms. The zero-order chi connectivity index (χ0) is 27.5. The Kier molecular flexibility index (Phi) is 9.47. The number of hydrogen-bond acceptors (Lipinski definition) is 5. The van der Waals surface area contributed by atoms with Crippen LogP contribution in [0.2, 0.25) is 0 Å². The Morgan fingerprint density at radius 1 is 0.763 bits per heavy atom. The molecule has 0 fully saturated rings. The van der Waals surface area contributed by atoms with E-state index in [4.69, 9.17) is 16.3 Å². The van der Waals surface area contributed by atoms with Gasteiger partial charge in [0.05, 0.1) is 11.4 Å². The second-order valence-electron chi connectivity index (χ2n) is 8.00. The van der Waals surface area contributed by atoms with Crippen molar-refractivity contribution in [1.82, 2.24) is 5.32 Å². The van der Waals surface area contributed by atoms with Crippen molar-refractivity contribution in [2.45, 2.75) is 4.90 Å². The molecule has 0 aliphatic rings. The molecule has 2 amide bonds. The Hall–Kier alpha value is -4.80. The lowest BCUT2D eigenvalue weighted by Crippen LogP contribution is -2.33. The third-order valence-corrected chi connectivity index (χ3v) is 6.15. The van der Waals surface area contributed by atoms with Gasteiger partial charge < -0.3 is 16.4 Å². The standard InChI is InChI=1S/C22H21N5O4S.C6H6/c23-21(24)15-4-3-5-16(12-15)22(29)26-13-20(28)27-17-10-8-14(9-11-17)18-6-1-2-7-19(18)32(25,30)31;1-2-4-6-5-3-1/h1-12H,13H2,(H3,23,24)(H,26,29)(H,27,28)(H2,25,30,31);1-6H. The summed E-state index contributed by atoms with van der Waals surface area (Å²) >= 11 is 0. The molecule has 38 heavy (non-hydrogen) atoms. The van der Waals surface area contributed by atoms with Crippen LogP contribution in [0.5, 0.6) is 0 Å². The fourth-order valence-electron chi connectivity index (χ4n) is 3.37. The Labute approximate surface area is 221 Å². The molecule has 0 saturated carbocycles. The summed E-state index contributed by atoms with van der Waals surface area (Å²) in [5.41, 5.74) is 7.65. The van der Waals surface area contributed by atoms with E-state index in [1.165, 1.54) is 12.1 Å². The van der Waals surface area contributed by atoms with Gasteiger partial charge in [-0.2, -0.15) is 0 Å². The molecule has 10 heteroatoms. The number of carbonyl (C=O) groups is 2. The highest BCUT2D eigenvalue weighted by atomic mass is 32.2. The van der Waals surface area contributed by atoms with E-state index in [-0.39, 0.29) is 22.8 Å². The van der Waals surface area contributed by atoms with Crippen LogP contribution in [-0.4, -0.2) is 32.6 Å². The number of hydrogen-bond donors (Lipinski definition) is 5. The maximum absolute atomic E-state index is 12.2. The summed E-state index contributed by atoms with van der Waals surface area (Å²) in [6, 6.07) is 31.1. The smallest absolute Gasteiger partial charge is 0.251 e. The Morgan fingerprint density at radius 3 is 1.92 bits per heavy atom. The first-order valence-electron chi connectivity index (χ1n) is 11.4. The van der Waals surface area contributed by atoms with E-state index in [1.807, 2.05) is 36.4 Å². The summed E-state index contributed by atoms with van der Waals surface area (Å²) in [5, 5.41) is 17.9. The predicted octanol–water partition coefficient (Wildman–Crippen LogP) is 3.34. The highest BCUT2D eigenvalue weighted by molar-refractivity contribution is 7.89. The number of amidine groups is 1. The van der Waals surface area contributed by atoms with Crippen LogP contribution in [-0.2, 0) is 14.8 Å². The lowest BCUT2D eigenvalue weighted by molar-refractivity contribution is -0.115. The van der Waals surface area contributed by atoms with Gasteiger partial charge in [0, 0.05) is 22.4 Å². The van der Waals surface area contributed by atoms with E-state index in [0.717, 1.165) is 0 Å². The van der Waals surface area contributed by atoms with Crippen LogP contribution >= 0.6 is 0 Å². The van der Waals surface area contributed by atoms with E-state index >= 15 is 0 Å². The molecule has 0 unspecified atom stereocenters. The number of amides is 2. The zero-order valence-corrected chi connectivity index (χ0v) is 21.1. The average molecular weight is 530 g/mol. The molecule has 194 valence electrons. The fourth-order valence-corrected chi connectivity index (χ4v) is 4.13. The molecule has 4 rings (SSSR count). The van der Waals surface area contributed by atoms with Gasteiger partial charge in [0.25, 0.3) is 5.91 Å². The van der Waals surface area contributed by atoms with Gasteiger partial charge in [-0.25, -0.2) is 13.6 Å². The van der Waals surface area contributed by atoms with Crippen LogP contribution in [0, 0.1) is 5.41 Å². The first kappa shape index (κ1) is 27.8. The molecule has 4 aromatic carbocycles. The predicted molar refractivity (Wildman–Crippen MR) is 148 cm³/mol. The minimum absolute atomic E-state index is 0.00772. The largest absolute Gasteiger partial charge is 0.384 e. The second kappa shape index (κ2) is 12.9. The molecule has 0 atom stereocenters. The molecule has 4 aromatic rings. The van der Waals surface area contributed by atoms with Crippen LogP contribution in [0.25, 0.3) is 11.1 Å².